The quantitative estimate of drug-likeness (QED) is 0.648. The average Bonchev–Trinajstić information content (AvgIpc) is 3.47. The zero-order valence-corrected chi connectivity index (χ0v) is 18.9. The van der Waals surface area contributed by atoms with Gasteiger partial charge in [-0.2, -0.15) is 5.10 Å². The van der Waals surface area contributed by atoms with Crippen molar-refractivity contribution < 1.29 is 18.8 Å². The number of nitrogens with one attached hydrogen (secondary N) is 2. The molecule has 33 heavy (non-hydrogen) atoms. The number of aromatic nitrogens is 2. The molecule has 1 saturated heterocycles. The van der Waals surface area contributed by atoms with E-state index in [-0.39, 0.29) is 48.0 Å². The number of halogens is 1. The monoisotopic (exact) mass is 456 g/mol. The summed E-state index contributed by atoms with van der Waals surface area (Å²) >= 11 is 0. The summed E-state index contributed by atoms with van der Waals surface area (Å²) in [4.78, 5) is 42.2. The molecule has 1 aromatic carbocycles. The highest BCUT2D eigenvalue weighted by atomic mass is 19.1. The van der Waals surface area contributed by atoms with Crippen molar-refractivity contribution >= 4 is 17.7 Å². The van der Waals surface area contributed by atoms with Crippen molar-refractivity contribution in [3.05, 3.63) is 53.1 Å². The fourth-order valence-corrected chi connectivity index (χ4v) is 4.24. The molecule has 9 nitrogen and oxygen atoms in total. The van der Waals surface area contributed by atoms with Gasteiger partial charge in [-0.3, -0.25) is 19.1 Å². The molecule has 2 aliphatic heterocycles. The van der Waals surface area contributed by atoms with Crippen LogP contribution in [0, 0.1) is 5.82 Å². The second kappa shape index (κ2) is 9.30. The van der Waals surface area contributed by atoms with E-state index < -0.39 is 5.54 Å². The van der Waals surface area contributed by atoms with Gasteiger partial charge in [0.2, 0.25) is 5.91 Å². The Morgan fingerprint density at radius 3 is 2.55 bits per heavy atom. The average molecular weight is 457 g/mol. The number of likely N-dealkylation sites (N-methyl/N-ethyl adjacent to an activating group) is 1. The van der Waals surface area contributed by atoms with E-state index in [2.05, 4.69) is 20.6 Å². The summed E-state index contributed by atoms with van der Waals surface area (Å²) in [5.74, 6) is -1.43. The molecule has 2 aliphatic rings. The normalized spacial score (nSPS) is 20.6. The van der Waals surface area contributed by atoms with Crippen LogP contribution in [0.5, 0.6) is 0 Å². The van der Waals surface area contributed by atoms with Gasteiger partial charge in [0.1, 0.15) is 17.1 Å². The molecule has 1 unspecified atom stereocenters. The van der Waals surface area contributed by atoms with Crippen molar-refractivity contribution in [2.75, 3.05) is 33.2 Å². The number of hydrogen-bond donors (Lipinski definition) is 2. The largest absolute Gasteiger partial charge is 0.350 e. The molecule has 2 aromatic rings. The Balaban J connectivity index is 1.41. The van der Waals surface area contributed by atoms with Crippen LogP contribution < -0.4 is 10.6 Å². The molecule has 10 heteroatoms. The van der Waals surface area contributed by atoms with Gasteiger partial charge >= 0.3 is 0 Å². The molecule has 0 bridgehead atoms. The number of amides is 3. The zero-order chi connectivity index (χ0) is 23.6. The third kappa shape index (κ3) is 4.75. The van der Waals surface area contributed by atoms with Gasteiger partial charge in [-0.1, -0.05) is 12.1 Å². The Hall–Kier alpha value is -3.27. The second-order valence-corrected chi connectivity index (χ2v) is 8.82. The summed E-state index contributed by atoms with van der Waals surface area (Å²) in [5.41, 5.74) is -0.0273. The zero-order valence-electron chi connectivity index (χ0n) is 18.9. The topological polar surface area (TPSA) is 99.6 Å². The molecule has 1 atom stereocenters. The Morgan fingerprint density at radius 2 is 1.85 bits per heavy atom. The smallest absolute Gasteiger partial charge is 0.272 e. The highest BCUT2D eigenvalue weighted by Gasteiger charge is 2.46. The van der Waals surface area contributed by atoms with Crippen LogP contribution in [0.2, 0.25) is 0 Å². The Bertz CT molecular complexity index is 1050. The Morgan fingerprint density at radius 1 is 1.15 bits per heavy atom. The summed E-state index contributed by atoms with van der Waals surface area (Å²) in [7, 11) is 1.56. The number of carbonyl (C=O) groups is 3. The van der Waals surface area contributed by atoms with Gasteiger partial charge in [0.15, 0.2) is 5.69 Å². The van der Waals surface area contributed by atoms with Crippen LogP contribution in [0.3, 0.4) is 0 Å². The van der Waals surface area contributed by atoms with Gasteiger partial charge in [-0.05, 0) is 50.6 Å². The molecule has 0 radical (unpaired) electrons. The number of likely N-dealkylation sites (tertiary alicyclic amines) is 1. The van der Waals surface area contributed by atoms with Crippen LogP contribution in [0.25, 0.3) is 0 Å². The lowest BCUT2D eigenvalue weighted by atomic mass is 9.96. The molecule has 0 saturated carbocycles. The number of nitrogens with zero attached hydrogens (tertiary/aromatic N) is 4. The van der Waals surface area contributed by atoms with E-state index in [1.54, 1.807) is 26.1 Å². The molecular weight excluding hydrogens is 427 g/mol. The number of benzene rings is 1. The van der Waals surface area contributed by atoms with Gasteiger partial charge in [-0.15, -0.1) is 0 Å². The first-order valence-electron chi connectivity index (χ1n) is 11.2. The van der Waals surface area contributed by atoms with Crippen molar-refractivity contribution in [2.24, 2.45) is 0 Å². The molecule has 176 valence electrons. The molecular formula is C23H29FN6O3. The molecule has 3 amide bonds. The molecule has 1 aromatic heterocycles. The maximum Gasteiger partial charge on any atom is 0.272 e. The minimum Gasteiger partial charge on any atom is -0.350 e. The van der Waals surface area contributed by atoms with Crippen molar-refractivity contribution in [2.45, 2.75) is 38.4 Å². The van der Waals surface area contributed by atoms with E-state index in [4.69, 9.17) is 0 Å². The van der Waals surface area contributed by atoms with Crippen molar-refractivity contribution in [3.8, 4) is 0 Å². The van der Waals surface area contributed by atoms with Crippen LogP contribution in [0.15, 0.2) is 30.3 Å². The highest BCUT2D eigenvalue weighted by molar-refractivity contribution is 6.01. The molecule has 2 N–H and O–H groups in total. The summed E-state index contributed by atoms with van der Waals surface area (Å²) in [6.45, 7) is 5.37. The van der Waals surface area contributed by atoms with E-state index in [0.29, 0.717) is 6.54 Å². The highest BCUT2D eigenvalue weighted by Crippen LogP contribution is 2.26. The summed E-state index contributed by atoms with van der Waals surface area (Å²) < 4.78 is 14.5. The minimum atomic E-state index is -1.19. The lowest BCUT2D eigenvalue weighted by Gasteiger charge is -2.40. The molecule has 4 rings (SSSR count). The van der Waals surface area contributed by atoms with Gasteiger partial charge in [-0.25, -0.2) is 4.39 Å². The van der Waals surface area contributed by atoms with Gasteiger partial charge in [0.25, 0.3) is 11.8 Å². The fraction of sp³-hybridized carbons (Fsp3) is 0.478. The summed E-state index contributed by atoms with van der Waals surface area (Å²) in [6, 6.07) is 7.31. The number of hydrogen-bond acceptors (Lipinski definition) is 5. The molecule has 3 heterocycles. The maximum atomic E-state index is 13.1. The van der Waals surface area contributed by atoms with Crippen LogP contribution >= 0.6 is 0 Å². The lowest BCUT2D eigenvalue weighted by Crippen LogP contribution is -2.62. The Labute approximate surface area is 191 Å². The van der Waals surface area contributed by atoms with Gasteiger partial charge < -0.3 is 20.4 Å². The predicted molar refractivity (Wildman–Crippen MR) is 119 cm³/mol. The first-order valence-corrected chi connectivity index (χ1v) is 11.2. The third-order valence-electron chi connectivity index (χ3n) is 6.50. The predicted octanol–water partition coefficient (Wildman–Crippen LogP) is 1.01. The fourth-order valence-electron chi connectivity index (χ4n) is 4.24. The molecule has 1 fully saturated rings. The summed E-state index contributed by atoms with van der Waals surface area (Å²) in [6.07, 6.45) is 2.38. The van der Waals surface area contributed by atoms with Crippen LogP contribution in [-0.4, -0.2) is 76.1 Å². The van der Waals surface area contributed by atoms with E-state index >= 15 is 0 Å². The van der Waals surface area contributed by atoms with Crippen molar-refractivity contribution in [1.29, 1.82) is 0 Å². The second-order valence-electron chi connectivity index (χ2n) is 8.82. The van der Waals surface area contributed by atoms with Gasteiger partial charge in [0, 0.05) is 32.7 Å². The van der Waals surface area contributed by atoms with E-state index in [9.17, 15) is 18.8 Å². The van der Waals surface area contributed by atoms with E-state index in [1.807, 2.05) is 0 Å². The third-order valence-corrected chi connectivity index (χ3v) is 6.50. The number of rotatable bonds is 7. The summed E-state index contributed by atoms with van der Waals surface area (Å²) in [5, 5.41) is 9.99. The van der Waals surface area contributed by atoms with Crippen molar-refractivity contribution in [1.82, 2.24) is 30.2 Å². The van der Waals surface area contributed by atoms with Crippen LogP contribution in [0.4, 0.5) is 4.39 Å². The van der Waals surface area contributed by atoms with Crippen LogP contribution in [-0.2, 0) is 17.9 Å². The molecule has 0 aliphatic carbocycles. The lowest BCUT2D eigenvalue weighted by molar-refractivity contribution is -0.132. The van der Waals surface area contributed by atoms with E-state index in [1.165, 1.54) is 40.6 Å². The minimum absolute atomic E-state index is 0.112. The molecule has 0 spiro atoms. The standard InChI is InChI=1S/C23H29FN6O3/c1-23(22(33)26-14-16-5-7-17(24)8-6-16)15-30-19(21(32)28(23)2)13-18(27-30)20(31)25-9-12-29-10-3-4-11-29/h5-8,13H,3-4,9-12,14-15H2,1-2H3,(H,25,31)(H,26,33). The number of carbonyl (C=O) groups excluding carboxylic acids is 3. The maximum absolute atomic E-state index is 13.1. The first-order chi connectivity index (χ1) is 15.8. The van der Waals surface area contributed by atoms with E-state index in [0.717, 1.165) is 25.2 Å². The van der Waals surface area contributed by atoms with Crippen molar-refractivity contribution in [3.63, 3.8) is 0 Å². The van der Waals surface area contributed by atoms with Crippen LogP contribution in [0.1, 0.15) is 46.3 Å². The first kappa shape index (κ1) is 22.9. The van der Waals surface area contributed by atoms with Gasteiger partial charge in [0.05, 0.1) is 6.54 Å². The SMILES string of the molecule is CN1C(=O)c2cc(C(=O)NCCN3CCCC3)nn2CC1(C)C(=O)NCc1ccc(F)cc1. The number of fused-ring (bicyclic) bond motifs is 1. The Kier molecular flexibility index (Phi) is 6.46.